The van der Waals surface area contributed by atoms with Crippen LogP contribution in [0.3, 0.4) is 0 Å². The van der Waals surface area contributed by atoms with Gasteiger partial charge in [-0.15, -0.1) is 0 Å². The maximum atomic E-state index is 11.0. The molecule has 30 heavy (non-hydrogen) atoms. The summed E-state index contributed by atoms with van der Waals surface area (Å²) in [4.78, 5) is 0. The molecule has 0 spiro atoms. The SMILES string of the molecule is C=CC#COc1ccc(-c2c(OC)cc(-c3ccc(O)cc3)c(OC)c2O)cc1O. The molecule has 0 aliphatic carbocycles. The van der Waals surface area contributed by atoms with E-state index in [1.807, 2.05) is 0 Å². The summed E-state index contributed by atoms with van der Waals surface area (Å²) in [6.45, 7) is 3.46. The second-order valence-corrected chi connectivity index (χ2v) is 6.17. The van der Waals surface area contributed by atoms with Crippen molar-refractivity contribution in [3.63, 3.8) is 0 Å². The summed E-state index contributed by atoms with van der Waals surface area (Å²) in [6, 6.07) is 12.8. The minimum Gasteiger partial charge on any atom is -0.508 e. The Morgan fingerprint density at radius 3 is 2.17 bits per heavy atom. The molecule has 0 fully saturated rings. The number of hydrogen-bond acceptors (Lipinski definition) is 6. The van der Waals surface area contributed by atoms with Gasteiger partial charge in [-0.2, -0.15) is 0 Å². The monoisotopic (exact) mass is 404 g/mol. The zero-order chi connectivity index (χ0) is 21.7. The van der Waals surface area contributed by atoms with Crippen LogP contribution in [0.15, 0.2) is 61.2 Å². The van der Waals surface area contributed by atoms with Gasteiger partial charge in [-0.3, -0.25) is 0 Å². The number of rotatable bonds is 5. The lowest BCUT2D eigenvalue weighted by molar-refractivity contribution is 0.369. The average molecular weight is 404 g/mol. The van der Waals surface area contributed by atoms with Crippen molar-refractivity contribution in [2.75, 3.05) is 14.2 Å². The Morgan fingerprint density at radius 2 is 1.57 bits per heavy atom. The minimum absolute atomic E-state index is 0.126. The van der Waals surface area contributed by atoms with E-state index in [0.717, 1.165) is 5.56 Å². The van der Waals surface area contributed by atoms with E-state index in [0.29, 0.717) is 22.4 Å². The highest BCUT2D eigenvalue weighted by Crippen LogP contribution is 2.50. The molecule has 0 amide bonds. The van der Waals surface area contributed by atoms with Crippen LogP contribution in [0.25, 0.3) is 22.3 Å². The second-order valence-electron chi connectivity index (χ2n) is 6.17. The van der Waals surface area contributed by atoms with Gasteiger partial charge in [0.05, 0.1) is 19.8 Å². The fourth-order valence-corrected chi connectivity index (χ4v) is 3.01. The number of phenolic OH excluding ortho intramolecular Hbond substituents is 3. The first kappa shape index (κ1) is 20.5. The van der Waals surface area contributed by atoms with E-state index in [2.05, 4.69) is 18.6 Å². The molecular weight excluding hydrogens is 384 g/mol. The molecule has 3 aromatic rings. The van der Waals surface area contributed by atoms with Crippen molar-refractivity contribution in [2.45, 2.75) is 0 Å². The molecule has 0 aliphatic heterocycles. The molecule has 3 rings (SSSR count). The molecule has 3 aromatic carbocycles. The van der Waals surface area contributed by atoms with Crippen molar-refractivity contribution < 1.29 is 29.5 Å². The first-order chi connectivity index (χ1) is 14.5. The van der Waals surface area contributed by atoms with Crippen LogP contribution in [-0.4, -0.2) is 29.5 Å². The van der Waals surface area contributed by atoms with E-state index in [1.54, 1.807) is 24.3 Å². The molecule has 0 atom stereocenters. The molecule has 152 valence electrons. The van der Waals surface area contributed by atoms with E-state index in [9.17, 15) is 15.3 Å². The van der Waals surface area contributed by atoms with Crippen LogP contribution in [0.1, 0.15) is 0 Å². The van der Waals surface area contributed by atoms with Crippen LogP contribution in [0, 0.1) is 12.0 Å². The lowest BCUT2D eigenvalue weighted by Crippen LogP contribution is -1.96. The molecule has 6 nitrogen and oxygen atoms in total. The number of benzene rings is 3. The van der Waals surface area contributed by atoms with Crippen LogP contribution in [0.5, 0.6) is 34.5 Å². The molecule has 0 unspecified atom stereocenters. The van der Waals surface area contributed by atoms with Gasteiger partial charge >= 0.3 is 0 Å². The molecule has 0 heterocycles. The minimum atomic E-state index is -0.158. The molecule has 0 aliphatic rings. The summed E-state index contributed by atoms with van der Waals surface area (Å²) in [6.07, 6.45) is 3.76. The first-order valence-corrected chi connectivity index (χ1v) is 8.89. The van der Waals surface area contributed by atoms with Crippen molar-refractivity contribution in [3.05, 3.63) is 61.2 Å². The van der Waals surface area contributed by atoms with Crippen LogP contribution < -0.4 is 14.2 Å². The summed E-state index contributed by atoms with van der Waals surface area (Å²) >= 11 is 0. The van der Waals surface area contributed by atoms with Gasteiger partial charge < -0.3 is 29.5 Å². The molecule has 0 saturated heterocycles. The predicted molar refractivity (Wildman–Crippen MR) is 114 cm³/mol. The number of aromatic hydroxyl groups is 3. The van der Waals surface area contributed by atoms with Crippen LogP contribution in [0.4, 0.5) is 0 Å². The quantitative estimate of drug-likeness (QED) is 0.535. The summed E-state index contributed by atoms with van der Waals surface area (Å²) in [5, 5.41) is 30.8. The summed E-state index contributed by atoms with van der Waals surface area (Å²) in [5.74, 6) is 3.11. The smallest absolute Gasteiger partial charge is 0.181 e. The molecule has 0 bridgehead atoms. The fourth-order valence-electron chi connectivity index (χ4n) is 3.01. The number of phenols is 3. The molecular formula is C24H20O6. The van der Waals surface area contributed by atoms with Crippen molar-refractivity contribution in [3.8, 4) is 68.8 Å². The van der Waals surface area contributed by atoms with Gasteiger partial charge in [-0.25, -0.2) is 0 Å². The number of allylic oxidation sites excluding steroid dienone is 1. The highest BCUT2D eigenvalue weighted by Gasteiger charge is 2.22. The summed E-state index contributed by atoms with van der Waals surface area (Å²) < 4.78 is 16.1. The maximum absolute atomic E-state index is 11.0. The van der Waals surface area contributed by atoms with Gasteiger partial charge in [-0.1, -0.05) is 24.8 Å². The highest BCUT2D eigenvalue weighted by atomic mass is 16.5. The Bertz CT molecular complexity index is 1140. The third-order valence-electron chi connectivity index (χ3n) is 4.39. The van der Waals surface area contributed by atoms with E-state index >= 15 is 0 Å². The normalized spacial score (nSPS) is 9.93. The van der Waals surface area contributed by atoms with Crippen LogP contribution in [-0.2, 0) is 0 Å². The third kappa shape index (κ3) is 3.96. The number of hydrogen-bond donors (Lipinski definition) is 3. The Balaban J connectivity index is 2.15. The van der Waals surface area contributed by atoms with Gasteiger partial charge in [-0.05, 0) is 53.5 Å². The highest BCUT2D eigenvalue weighted by molar-refractivity contribution is 5.88. The molecule has 3 N–H and O–H groups in total. The largest absolute Gasteiger partial charge is 0.508 e. The van der Waals surface area contributed by atoms with Crippen LogP contribution >= 0.6 is 0 Å². The van der Waals surface area contributed by atoms with Crippen molar-refractivity contribution in [1.82, 2.24) is 0 Å². The summed E-state index contributed by atoms with van der Waals surface area (Å²) in [5.41, 5.74) is 2.13. The van der Waals surface area contributed by atoms with Gasteiger partial charge in [0.1, 0.15) is 17.6 Å². The zero-order valence-electron chi connectivity index (χ0n) is 16.5. The molecule has 6 heteroatoms. The van der Waals surface area contributed by atoms with E-state index in [4.69, 9.17) is 14.2 Å². The van der Waals surface area contributed by atoms with E-state index in [-0.39, 0.29) is 28.7 Å². The van der Waals surface area contributed by atoms with Gasteiger partial charge in [0.2, 0.25) is 0 Å². The molecule has 0 saturated carbocycles. The molecule has 0 radical (unpaired) electrons. The number of methoxy groups -OCH3 is 2. The predicted octanol–water partition coefficient (Wildman–Crippen LogP) is 4.68. The van der Waals surface area contributed by atoms with Gasteiger partial charge in [0.15, 0.2) is 23.0 Å². The van der Waals surface area contributed by atoms with Crippen molar-refractivity contribution in [1.29, 1.82) is 0 Å². The topological polar surface area (TPSA) is 88.4 Å². The van der Waals surface area contributed by atoms with Gasteiger partial charge in [0.25, 0.3) is 0 Å². The fraction of sp³-hybridized carbons (Fsp3) is 0.0833. The lowest BCUT2D eigenvalue weighted by atomic mass is 9.96. The zero-order valence-corrected chi connectivity index (χ0v) is 16.5. The third-order valence-corrected chi connectivity index (χ3v) is 4.39. The molecule has 0 aromatic heterocycles. The Labute approximate surface area is 174 Å². The van der Waals surface area contributed by atoms with Crippen molar-refractivity contribution >= 4 is 0 Å². The van der Waals surface area contributed by atoms with Crippen molar-refractivity contribution in [2.24, 2.45) is 0 Å². The summed E-state index contributed by atoms with van der Waals surface area (Å²) in [7, 11) is 2.93. The van der Waals surface area contributed by atoms with Crippen LogP contribution in [0.2, 0.25) is 0 Å². The second kappa shape index (κ2) is 8.84. The first-order valence-electron chi connectivity index (χ1n) is 8.89. The average Bonchev–Trinajstić information content (AvgIpc) is 2.75. The van der Waals surface area contributed by atoms with E-state index in [1.165, 1.54) is 44.6 Å². The van der Waals surface area contributed by atoms with Gasteiger partial charge in [0, 0.05) is 5.56 Å². The van der Waals surface area contributed by atoms with E-state index < -0.39 is 0 Å². The Morgan fingerprint density at radius 1 is 0.867 bits per heavy atom. The maximum Gasteiger partial charge on any atom is 0.181 e. The Hall–Kier alpha value is -4.24. The Kier molecular flexibility index (Phi) is 6.04. The lowest BCUT2D eigenvalue weighted by Gasteiger charge is -2.18. The number of ether oxygens (including phenoxy) is 3. The standard InChI is InChI=1S/C24H20O6/c1-4-5-12-30-20-11-8-16(13-19(20)26)22-21(28-2)14-18(24(29-3)23(22)27)15-6-9-17(25)10-7-15/h4,6-11,13-14,25-27H,1H2,2-3H3.